The molecular formula is C20H23N5O2. The van der Waals surface area contributed by atoms with E-state index in [2.05, 4.69) is 10.3 Å². The number of pyridine rings is 1. The number of nitrogens with zero attached hydrogens (tertiary/aromatic N) is 2. The number of methoxy groups -OCH3 is 1. The van der Waals surface area contributed by atoms with Gasteiger partial charge in [-0.2, -0.15) is 0 Å². The molecule has 0 spiro atoms. The SMILES string of the molecule is COC(=O)[C@H](CCCN=C(N)N)Nc1c2ccccc2nc2ccccc12. The summed E-state index contributed by atoms with van der Waals surface area (Å²) >= 11 is 0. The fourth-order valence-electron chi connectivity index (χ4n) is 3.06. The van der Waals surface area contributed by atoms with Crippen molar-refractivity contribution in [3.63, 3.8) is 0 Å². The zero-order valence-electron chi connectivity index (χ0n) is 15.2. The molecule has 1 atom stereocenters. The lowest BCUT2D eigenvalue weighted by molar-refractivity contribution is -0.141. The number of nitrogens with two attached hydrogens (primary N) is 2. The molecule has 5 N–H and O–H groups in total. The van der Waals surface area contributed by atoms with Crippen molar-refractivity contribution in [3.05, 3.63) is 48.5 Å². The van der Waals surface area contributed by atoms with E-state index in [-0.39, 0.29) is 11.9 Å². The number of rotatable bonds is 7. The molecule has 1 heterocycles. The average molecular weight is 365 g/mol. The molecule has 3 rings (SSSR count). The van der Waals surface area contributed by atoms with Crippen LogP contribution in [0.15, 0.2) is 53.5 Å². The normalized spacial score (nSPS) is 11.9. The van der Waals surface area contributed by atoms with Crippen LogP contribution in [0, 0.1) is 0 Å². The highest BCUT2D eigenvalue weighted by Crippen LogP contribution is 2.31. The summed E-state index contributed by atoms with van der Waals surface area (Å²) in [6.45, 7) is 0.454. The lowest BCUT2D eigenvalue weighted by atomic mass is 10.1. The number of hydrogen-bond acceptors (Lipinski definition) is 5. The second-order valence-corrected chi connectivity index (χ2v) is 6.19. The predicted molar refractivity (Wildman–Crippen MR) is 109 cm³/mol. The van der Waals surface area contributed by atoms with Gasteiger partial charge in [0.15, 0.2) is 5.96 Å². The molecule has 0 saturated heterocycles. The van der Waals surface area contributed by atoms with Gasteiger partial charge in [-0.05, 0) is 25.0 Å². The third kappa shape index (κ3) is 4.25. The van der Waals surface area contributed by atoms with Crippen LogP contribution in [0.3, 0.4) is 0 Å². The Kier molecular flexibility index (Phi) is 5.71. The van der Waals surface area contributed by atoms with Crippen LogP contribution >= 0.6 is 0 Å². The highest BCUT2D eigenvalue weighted by Gasteiger charge is 2.21. The van der Waals surface area contributed by atoms with E-state index in [1.165, 1.54) is 7.11 Å². The van der Waals surface area contributed by atoms with E-state index >= 15 is 0 Å². The number of esters is 1. The number of para-hydroxylation sites is 2. The minimum Gasteiger partial charge on any atom is -0.467 e. The molecule has 0 saturated carbocycles. The second-order valence-electron chi connectivity index (χ2n) is 6.19. The molecule has 27 heavy (non-hydrogen) atoms. The summed E-state index contributed by atoms with van der Waals surface area (Å²) in [5.41, 5.74) is 13.3. The van der Waals surface area contributed by atoms with Crippen molar-refractivity contribution in [2.24, 2.45) is 16.5 Å². The van der Waals surface area contributed by atoms with Gasteiger partial charge in [0.05, 0.1) is 23.8 Å². The lowest BCUT2D eigenvalue weighted by Gasteiger charge is -2.20. The Morgan fingerprint density at radius 1 is 1.11 bits per heavy atom. The van der Waals surface area contributed by atoms with Gasteiger partial charge in [-0.1, -0.05) is 36.4 Å². The summed E-state index contributed by atoms with van der Waals surface area (Å²) in [7, 11) is 1.38. The Hall–Kier alpha value is -3.35. The van der Waals surface area contributed by atoms with E-state index in [0.717, 1.165) is 27.5 Å². The van der Waals surface area contributed by atoms with Crippen LogP contribution in [0.4, 0.5) is 5.69 Å². The molecule has 140 valence electrons. The fraction of sp³-hybridized carbons (Fsp3) is 0.250. The smallest absolute Gasteiger partial charge is 0.328 e. The summed E-state index contributed by atoms with van der Waals surface area (Å²) in [5, 5.41) is 5.28. The van der Waals surface area contributed by atoms with Gasteiger partial charge in [0.1, 0.15) is 6.04 Å². The number of nitrogens with one attached hydrogen (secondary N) is 1. The van der Waals surface area contributed by atoms with Crippen molar-refractivity contribution in [3.8, 4) is 0 Å². The lowest BCUT2D eigenvalue weighted by Crippen LogP contribution is -2.31. The largest absolute Gasteiger partial charge is 0.467 e. The molecule has 7 nitrogen and oxygen atoms in total. The first kappa shape index (κ1) is 18.4. The van der Waals surface area contributed by atoms with E-state index in [9.17, 15) is 4.79 Å². The van der Waals surface area contributed by atoms with Gasteiger partial charge in [0, 0.05) is 17.3 Å². The van der Waals surface area contributed by atoms with E-state index in [1.807, 2.05) is 48.5 Å². The number of hydrogen-bond donors (Lipinski definition) is 3. The summed E-state index contributed by atoms with van der Waals surface area (Å²) in [4.78, 5) is 21.0. The summed E-state index contributed by atoms with van der Waals surface area (Å²) in [5.74, 6) is -0.284. The van der Waals surface area contributed by atoms with Crippen LogP contribution in [0.1, 0.15) is 12.8 Å². The Labute approximate surface area is 157 Å². The molecule has 0 radical (unpaired) electrons. The molecule has 1 aromatic heterocycles. The van der Waals surface area contributed by atoms with E-state index in [4.69, 9.17) is 21.2 Å². The van der Waals surface area contributed by atoms with E-state index < -0.39 is 6.04 Å². The first-order valence-corrected chi connectivity index (χ1v) is 8.77. The minimum atomic E-state index is -0.515. The van der Waals surface area contributed by atoms with Crippen molar-refractivity contribution in [1.82, 2.24) is 4.98 Å². The number of benzene rings is 2. The predicted octanol–water partition coefficient (Wildman–Crippen LogP) is 2.40. The quantitative estimate of drug-likeness (QED) is 0.195. The first-order chi connectivity index (χ1) is 13.1. The summed E-state index contributed by atoms with van der Waals surface area (Å²) in [6.07, 6.45) is 1.18. The standard InChI is InChI=1S/C20H23N5O2/c1-27-19(26)17(11-6-12-23-20(21)22)25-18-13-7-2-4-9-15(13)24-16-10-5-3-8-14(16)18/h2-5,7-10,17H,6,11-12H2,1H3,(H,24,25)(H4,21,22,23)/t17-/m0/s1. The van der Waals surface area contributed by atoms with Crippen molar-refractivity contribution < 1.29 is 9.53 Å². The monoisotopic (exact) mass is 365 g/mol. The molecule has 3 aromatic rings. The molecule has 0 bridgehead atoms. The maximum Gasteiger partial charge on any atom is 0.328 e. The average Bonchev–Trinajstić information content (AvgIpc) is 2.68. The van der Waals surface area contributed by atoms with Crippen LogP contribution in [0.25, 0.3) is 21.8 Å². The molecule has 0 unspecified atom stereocenters. The van der Waals surface area contributed by atoms with Gasteiger partial charge in [0.25, 0.3) is 0 Å². The summed E-state index contributed by atoms with van der Waals surface area (Å²) in [6, 6.07) is 15.2. The first-order valence-electron chi connectivity index (χ1n) is 8.77. The van der Waals surface area contributed by atoms with Gasteiger partial charge in [-0.3, -0.25) is 4.99 Å². The van der Waals surface area contributed by atoms with Crippen LogP contribution < -0.4 is 16.8 Å². The van der Waals surface area contributed by atoms with Crippen molar-refractivity contribution in [2.75, 3.05) is 19.0 Å². The van der Waals surface area contributed by atoms with Crippen LogP contribution in [-0.4, -0.2) is 36.6 Å². The van der Waals surface area contributed by atoms with Crippen molar-refractivity contribution in [2.45, 2.75) is 18.9 Å². The van der Waals surface area contributed by atoms with Gasteiger partial charge >= 0.3 is 5.97 Å². The molecule has 0 fully saturated rings. The number of fused-ring (bicyclic) bond motifs is 2. The maximum atomic E-state index is 12.3. The second kappa shape index (κ2) is 8.35. The molecular weight excluding hydrogens is 342 g/mol. The van der Waals surface area contributed by atoms with Crippen LogP contribution in [0.5, 0.6) is 0 Å². The minimum absolute atomic E-state index is 0.0451. The Morgan fingerprint density at radius 2 is 1.70 bits per heavy atom. The highest BCUT2D eigenvalue weighted by molar-refractivity contribution is 6.08. The number of guanidine groups is 1. The third-order valence-corrected chi connectivity index (χ3v) is 4.34. The molecule has 2 aromatic carbocycles. The number of aliphatic imine (C=N–C) groups is 1. The number of carbonyl (C=O) groups excluding carboxylic acids is 1. The zero-order chi connectivity index (χ0) is 19.2. The highest BCUT2D eigenvalue weighted by atomic mass is 16.5. The number of anilines is 1. The van der Waals surface area contributed by atoms with Crippen LogP contribution in [-0.2, 0) is 9.53 Å². The van der Waals surface area contributed by atoms with Gasteiger partial charge < -0.3 is 21.5 Å². The third-order valence-electron chi connectivity index (χ3n) is 4.34. The topological polar surface area (TPSA) is 116 Å². The zero-order valence-corrected chi connectivity index (χ0v) is 15.2. The summed E-state index contributed by atoms with van der Waals surface area (Å²) < 4.78 is 4.98. The van der Waals surface area contributed by atoms with Crippen molar-refractivity contribution >= 4 is 39.4 Å². The van der Waals surface area contributed by atoms with E-state index in [0.29, 0.717) is 19.4 Å². The van der Waals surface area contributed by atoms with Gasteiger partial charge in [-0.15, -0.1) is 0 Å². The molecule has 0 aliphatic heterocycles. The number of aromatic nitrogens is 1. The molecule has 0 aliphatic carbocycles. The number of carbonyl (C=O) groups is 1. The van der Waals surface area contributed by atoms with Crippen LogP contribution in [0.2, 0.25) is 0 Å². The van der Waals surface area contributed by atoms with Gasteiger partial charge in [0.2, 0.25) is 0 Å². The number of ether oxygens (including phenoxy) is 1. The van der Waals surface area contributed by atoms with E-state index in [1.54, 1.807) is 0 Å². The maximum absolute atomic E-state index is 12.3. The molecule has 0 amide bonds. The van der Waals surface area contributed by atoms with Crippen molar-refractivity contribution in [1.29, 1.82) is 0 Å². The Balaban J connectivity index is 1.97. The molecule has 0 aliphatic rings. The Morgan fingerprint density at radius 3 is 2.26 bits per heavy atom. The Bertz CT molecular complexity index is 928. The van der Waals surface area contributed by atoms with Gasteiger partial charge in [-0.25, -0.2) is 9.78 Å². The fourth-order valence-corrected chi connectivity index (χ4v) is 3.06. The molecule has 7 heteroatoms.